The van der Waals surface area contributed by atoms with Crippen molar-refractivity contribution in [3.8, 4) is 5.88 Å². The van der Waals surface area contributed by atoms with E-state index in [2.05, 4.69) is 15.0 Å². The van der Waals surface area contributed by atoms with Crippen LogP contribution in [0.5, 0.6) is 5.88 Å². The van der Waals surface area contributed by atoms with Crippen LogP contribution in [0.15, 0.2) is 6.33 Å². The first-order valence-electron chi connectivity index (χ1n) is 6.25. The van der Waals surface area contributed by atoms with Gasteiger partial charge in [0.05, 0.1) is 7.11 Å². The summed E-state index contributed by atoms with van der Waals surface area (Å²) in [6.07, 6.45) is 2.99. The summed E-state index contributed by atoms with van der Waals surface area (Å²) in [5, 5.41) is 0. The van der Waals surface area contributed by atoms with Crippen molar-refractivity contribution >= 4 is 28.7 Å². The Kier molecular flexibility index (Phi) is 4.73. The molecule has 0 aromatic carbocycles. The van der Waals surface area contributed by atoms with Crippen molar-refractivity contribution in [3.63, 3.8) is 0 Å². The molecule has 2 aromatic rings. The number of aromatic nitrogens is 4. The summed E-state index contributed by atoms with van der Waals surface area (Å²) < 4.78 is 7.12. The summed E-state index contributed by atoms with van der Waals surface area (Å²) >= 11 is 5.80. The molecule has 2 N–H and O–H groups in total. The third-order valence-corrected chi connectivity index (χ3v) is 3.08. The molecule has 0 saturated carbocycles. The number of imidazole rings is 1. The molecular weight excluding hydrogens is 282 g/mol. The van der Waals surface area contributed by atoms with Crippen LogP contribution in [-0.4, -0.2) is 38.4 Å². The average molecular weight is 298 g/mol. The molecule has 0 radical (unpaired) electrons. The van der Waals surface area contributed by atoms with E-state index >= 15 is 0 Å². The van der Waals surface area contributed by atoms with Gasteiger partial charge in [0.15, 0.2) is 11.2 Å². The molecule has 0 bridgehead atoms. The molecule has 1 amide bonds. The lowest BCUT2D eigenvalue weighted by Crippen LogP contribution is -2.12. The number of halogens is 1. The lowest BCUT2D eigenvalue weighted by atomic mass is 10.3. The number of hydrogen-bond donors (Lipinski definition) is 1. The molecule has 108 valence electrons. The molecule has 0 aliphatic heterocycles. The summed E-state index contributed by atoms with van der Waals surface area (Å²) in [7, 11) is 1.54. The molecule has 0 unspecified atom stereocenters. The number of primary amides is 1. The van der Waals surface area contributed by atoms with Gasteiger partial charge in [0.1, 0.15) is 12.2 Å². The number of rotatable bonds is 7. The van der Waals surface area contributed by atoms with Crippen LogP contribution >= 0.6 is 11.6 Å². The van der Waals surface area contributed by atoms with Gasteiger partial charge in [-0.2, -0.15) is 4.98 Å². The average Bonchev–Trinajstić information content (AvgIpc) is 2.77. The Morgan fingerprint density at radius 2 is 2.30 bits per heavy atom. The fourth-order valence-corrected chi connectivity index (χ4v) is 2.20. The number of amides is 1. The molecule has 7 nitrogen and oxygen atoms in total. The predicted octanol–water partition coefficient (Wildman–Crippen LogP) is 0.882. The molecule has 2 aromatic heterocycles. The largest absolute Gasteiger partial charge is 0.479 e. The van der Waals surface area contributed by atoms with Crippen LogP contribution in [0.1, 0.15) is 18.7 Å². The van der Waals surface area contributed by atoms with Crippen LogP contribution in [0.2, 0.25) is 0 Å². The van der Waals surface area contributed by atoms with Crippen LogP contribution in [0.25, 0.3) is 11.2 Å². The van der Waals surface area contributed by atoms with E-state index in [1.807, 2.05) is 4.57 Å². The molecule has 8 heteroatoms. The summed E-state index contributed by atoms with van der Waals surface area (Å²) in [5.74, 6) is 1.37. The predicted molar refractivity (Wildman–Crippen MR) is 74.7 cm³/mol. The minimum absolute atomic E-state index is 0.319. The minimum atomic E-state index is -0.319. The molecule has 2 heterocycles. The number of alkyl halides is 1. The Morgan fingerprint density at radius 1 is 1.50 bits per heavy atom. The molecule has 20 heavy (non-hydrogen) atoms. The Labute approximate surface area is 121 Å². The van der Waals surface area contributed by atoms with E-state index in [9.17, 15) is 4.79 Å². The third-order valence-electron chi connectivity index (χ3n) is 2.89. The van der Waals surface area contributed by atoms with Gasteiger partial charge in [0.2, 0.25) is 11.8 Å². The van der Waals surface area contributed by atoms with Gasteiger partial charge in [-0.15, -0.1) is 11.6 Å². The second-order valence-electron chi connectivity index (χ2n) is 4.24. The molecule has 0 atom stereocenters. The first kappa shape index (κ1) is 14.5. The van der Waals surface area contributed by atoms with Gasteiger partial charge >= 0.3 is 0 Å². The van der Waals surface area contributed by atoms with E-state index in [1.165, 1.54) is 13.4 Å². The smallest absolute Gasteiger partial charge is 0.245 e. The number of ether oxygens (including phenoxy) is 1. The molecule has 0 saturated heterocycles. The number of methoxy groups -OCH3 is 1. The summed E-state index contributed by atoms with van der Waals surface area (Å²) in [5.41, 5.74) is 6.44. The molecule has 0 aliphatic carbocycles. The molecule has 2 rings (SSSR count). The van der Waals surface area contributed by atoms with Gasteiger partial charge < -0.3 is 15.0 Å². The van der Waals surface area contributed by atoms with Crippen molar-refractivity contribution in [3.05, 3.63) is 12.2 Å². The molecular formula is C12H16ClN5O2. The number of hydrogen-bond acceptors (Lipinski definition) is 5. The van der Waals surface area contributed by atoms with Crippen LogP contribution in [0.3, 0.4) is 0 Å². The van der Waals surface area contributed by atoms with Gasteiger partial charge in [-0.05, 0) is 6.42 Å². The maximum absolute atomic E-state index is 10.8. The van der Waals surface area contributed by atoms with E-state index in [4.69, 9.17) is 22.1 Å². The van der Waals surface area contributed by atoms with Crippen LogP contribution in [-0.2, 0) is 17.8 Å². The second kappa shape index (κ2) is 6.51. The normalized spacial score (nSPS) is 10.9. The fourth-order valence-electron chi connectivity index (χ4n) is 2.03. The zero-order valence-corrected chi connectivity index (χ0v) is 11.9. The highest BCUT2D eigenvalue weighted by molar-refractivity contribution is 6.17. The zero-order chi connectivity index (χ0) is 14.5. The number of nitrogens with two attached hydrogens (primary N) is 1. The third kappa shape index (κ3) is 2.98. The highest BCUT2D eigenvalue weighted by atomic mass is 35.5. The number of aryl methyl sites for hydroxylation is 2. The first-order valence-corrected chi connectivity index (χ1v) is 6.79. The Bertz CT molecular complexity index is 613. The Morgan fingerprint density at radius 3 is 2.95 bits per heavy atom. The number of carbonyl (C=O) groups is 1. The number of nitrogens with zero attached hydrogens (tertiary/aromatic N) is 4. The standard InChI is InChI=1S/C12H16ClN5O2/c1-20-12-10-11(15-7-16-12)18(6-2-3-8(14)19)9(17-10)4-5-13/h7H,2-6H2,1H3,(H2,14,19). The van der Waals surface area contributed by atoms with E-state index < -0.39 is 0 Å². The SMILES string of the molecule is COc1ncnc2c1nc(CCCl)n2CCCC(N)=O. The highest BCUT2D eigenvalue weighted by Gasteiger charge is 2.15. The maximum atomic E-state index is 10.8. The quantitative estimate of drug-likeness (QED) is 0.765. The van der Waals surface area contributed by atoms with Crippen molar-refractivity contribution in [2.45, 2.75) is 25.8 Å². The molecule has 0 fully saturated rings. The van der Waals surface area contributed by atoms with Gasteiger partial charge in [0.25, 0.3) is 0 Å². The minimum Gasteiger partial charge on any atom is -0.479 e. The van der Waals surface area contributed by atoms with Crippen LogP contribution < -0.4 is 10.5 Å². The van der Waals surface area contributed by atoms with Gasteiger partial charge in [-0.3, -0.25) is 4.79 Å². The topological polar surface area (TPSA) is 95.9 Å². The van der Waals surface area contributed by atoms with Crippen LogP contribution in [0, 0.1) is 0 Å². The Hall–Kier alpha value is -1.89. The monoisotopic (exact) mass is 297 g/mol. The lowest BCUT2D eigenvalue weighted by molar-refractivity contribution is -0.118. The fraction of sp³-hybridized carbons (Fsp3) is 0.500. The number of fused-ring (bicyclic) bond motifs is 1. The molecule has 0 spiro atoms. The maximum Gasteiger partial charge on any atom is 0.245 e. The zero-order valence-electron chi connectivity index (χ0n) is 11.2. The van der Waals surface area contributed by atoms with Crippen molar-refractivity contribution in [2.24, 2.45) is 5.73 Å². The van der Waals surface area contributed by atoms with Crippen molar-refractivity contribution in [2.75, 3.05) is 13.0 Å². The summed E-state index contributed by atoms with van der Waals surface area (Å²) in [6.45, 7) is 0.603. The number of carbonyl (C=O) groups excluding carboxylic acids is 1. The van der Waals surface area contributed by atoms with E-state index in [1.54, 1.807) is 0 Å². The van der Waals surface area contributed by atoms with E-state index in [-0.39, 0.29) is 5.91 Å². The summed E-state index contributed by atoms with van der Waals surface area (Å²) in [6, 6.07) is 0. The van der Waals surface area contributed by atoms with Crippen molar-refractivity contribution < 1.29 is 9.53 Å². The van der Waals surface area contributed by atoms with E-state index in [0.29, 0.717) is 48.7 Å². The summed E-state index contributed by atoms with van der Waals surface area (Å²) in [4.78, 5) is 23.6. The highest BCUT2D eigenvalue weighted by Crippen LogP contribution is 2.22. The van der Waals surface area contributed by atoms with Gasteiger partial charge in [0, 0.05) is 25.3 Å². The molecule has 0 aliphatic rings. The Balaban J connectivity index is 2.38. The van der Waals surface area contributed by atoms with Crippen LogP contribution in [0.4, 0.5) is 0 Å². The lowest BCUT2D eigenvalue weighted by Gasteiger charge is -2.06. The van der Waals surface area contributed by atoms with Gasteiger partial charge in [-0.25, -0.2) is 9.97 Å². The van der Waals surface area contributed by atoms with Crippen molar-refractivity contribution in [1.29, 1.82) is 0 Å². The van der Waals surface area contributed by atoms with E-state index in [0.717, 1.165) is 5.82 Å². The van der Waals surface area contributed by atoms with Crippen molar-refractivity contribution in [1.82, 2.24) is 19.5 Å². The van der Waals surface area contributed by atoms with Gasteiger partial charge in [-0.1, -0.05) is 0 Å². The first-order chi connectivity index (χ1) is 9.67. The second-order valence-corrected chi connectivity index (χ2v) is 4.62.